The molecule has 2 saturated carbocycles. The van der Waals surface area contributed by atoms with Crippen molar-refractivity contribution in [3.8, 4) is 6.07 Å². The molecule has 5 rings (SSSR count). The Hall–Kier alpha value is -4.75. The number of carbonyl (C=O) groups is 3. The van der Waals surface area contributed by atoms with E-state index in [1.54, 1.807) is 26.0 Å². The molecule has 1 amide bonds. The van der Waals surface area contributed by atoms with Gasteiger partial charge in [0.2, 0.25) is 0 Å². The smallest absolute Gasteiger partial charge is 0.465 e. The lowest BCUT2D eigenvalue weighted by molar-refractivity contribution is -0.162. The summed E-state index contributed by atoms with van der Waals surface area (Å²) in [4.78, 5) is 53.8. The third kappa shape index (κ3) is 7.21. The van der Waals surface area contributed by atoms with Gasteiger partial charge in [-0.25, -0.2) is 19.1 Å². The molecular weight excluding hydrogens is 628 g/mol. The molecule has 0 radical (unpaired) electrons. The number of nitrogens with zero attached hydrogens (tertiary/aromatic N) is 4. The molecule has 0 aromatic carbocycles. The highest BCUT2D eigenvalue weighted by molar-refractivity contribution is 5.88. The molecule has 4 N–H and O–H groups in total. The zero-order valence-electron chi connectivity index (χ0n) is 27.0. The number of nitrogens with one attached hydrogen (secondary N) is 1. The molecular formula is C32H40N6O10. The Balaban J connectivity index is 1.38. The van der Waals surface area contributed by atoms with E-state index < -0.39 is 47.5 Å². The zero-order chi connectivity index (χ0) is 34.6. The largest absolute Gasteiger partial charge is 0.519 e. The molecule has 16 heteroatoms. The van der Waals surface area contributed by atoms with Crippen molar-refractivity contribution >= 4 is 29.4 Å². The van der Waals surface area contributed by atoms with Crippen LogP contribution in [0.15, 0.2) is 32.1 Å². The van der Waals surface area contributed by atoms with Crippen molar-refractivity contribution in [2.45, 2.75) is 96.0 Å². The Morgan fingerprint density at radius 1 is 1.21 bits per heavy atom. The minimum Gasteiger partial charge on any atom is -0.465 e. The van der Waals surface area contributed by atoms with Gasteiger partial charge in [0.05, 0.1) is 18.4 Å². The molecule has 2 aliphatic rings. The molecule has 258 valence electrons. The van der Waals surface area contributed by atoms with Crippen molar-refractivity contribution in [2.24, 2.45) is 23.5 Å². The first-order valence-electron chi connectivity index (χ1n) is 16.0. The van der Waals surface area contributed by atoms with E-state index in [2.05, 4.69) is 21.5 Å². The van der Waals surface area contributed by atoms with Crippen LogP contribution in [-0.2, 0) is 35.8 Å². The highest BCUT2D eigenvalue weighted by atomic mass is 16.6. The number of ether oxygens (including phenoxy) is 3. The quantitative estimate of drug-likeness (QED) is 0.197. The summed E-state index contributed by atoms with van der Waals surface area (Å²) >= 11 is 0. The first kappa shape index (κ1) is 34.6. The lowest BCUT2D eigenvalue weighted by Crippen LogP contribution is -2.46. The summed E-state index contributed by atoms with van der Waals surface area (Å²) in [6, 6.07) is 4.33. The van der Waals surface area contributed by atoms with Crippen LogP contribution < -0.4 is 16.9 Å². The number of carbonyl (C=O) groups excluding carboxylic acids is 3. The second-order valence-corrected chi connectivity index (χ2v) is 12.8. The predicted octanol–water partition coefficient (Wildman–Crippen LogP) is 2.88. The lowest BCUT2D eigenvalue weighted by atomic mass is 9.81. The van der Waals surface area contributed by atoms with Gasteiger partial charge in [-0.3, -0.25) is 14.9 Å². The van der Waals surface area contributed by atoms with Gasteiger partial charge in [0.25, 0.3) is 0 Å². The Morgan fingerprint density at radius 2 is 1.96 bits per heavy atom. The number of aliphatic hydroxyl groups is 1. The third-order valence-electron chi connectivity index (χ3n) is 9.25. The standard InChI is InChI=1S/C32H40N6O10/c1-17(2)25(34)29(41)48-26-20(13-44-24(39)11-19-7-5-4-6-8-19)12-32(15-33,27(26)40)23-10-9-21-28(35-16-36-38(21)23)37-30(42)45-14-22-18(3)46-31(43)47-22/h9-10,16-17,19-20,25-27,40H,4-8,11-14,34H2,1-3H3,(H,35,36,37,42)/t20-,25+,26-,27-,32-/m1/s1. The number of aromatic nitrogens is 3. The van der Waals surface area contributed by atoms with E-state index in [1.807, 2.05) is 0 Å². The molecule has 5 atom stereocenters. The monoisotopic (exact) mass is 668 g/mol. The molecule has 0 aliphatic heterocycles. The second-order valence-electron chi connectivity index (χ2n) is 12.8. The number of esters is 2. The van der Waals surface area contributed by atoms with E-state index in [0.29, 0.717) is 0 Å². The van der Waals surface area contributed by atoms with Gasteiger partial charge >= 0.3 is 23.9 Å². The predicted molar refractivity (Wildman–Crippen MR) is 165 cm³/mol. The first-order chi connectivity index (χ1) is 22.9. The van der Waals surface area contributed by atoms with Gasteiger partial charge in [-0.15, -0.1) is 0 Å². The molecule has 0 bridgehead atoms. The van der Waals surface area contributed by atoms with Crippen molar-refractivity contribution in [2.75, 3.05) is 11.9 Å². The fraction of sp³-hybridized carbons (Fsp3) is 0.594. The summed E-state index contributed by atoms with van der Waals surface area (Å²) in [6.07, 6.45) is 2.87. The van der Waals surface area contributed by atoms with Crippen molar-refractivity contribution in [3.63, 3.8) is 0 Å². The van der Waals surface area contributed by atoms with Crippen LogP contribution in [-0.4, -0.2) is 62.6 Å². The summed E-state index contributed by atoms with van der Waals surface area (Å²) in [5.41, 5.74) is 4.86. The number of nitrogens with two attached hydrogens (primary N) is 1. The first-order valence-corrected chi connectivity index (χ1v) is 16.0. The van der Waals surface area contributed by atoms with Gasteiger partial charge in [0.1, 0.15) is 35.5 Å². The van der Waals surface area contributed by atoms with Crippen molar-refractivity contribution in [3.05, 3.63) is 46.3 Å². The van der Waals surface area contributed by atoms with E-state index >= 15 is 0 Å². The van der Waals surface area contributed by atoms with E-state index in [1.165, 1.54) is 11.4 Å². The average Bonchev–Trinajstić information content (AvgIpc) is 3.72. The minimum atomic E-state index is -1.68. The number of aliphatic hydroxyl groups excluding tert-OH is 1. The number of hydrogen-bond donors (Lipinski definition) is 3. The Bertz CT molecular complexity index is 1730. The SMILES string of the molecule is Cc1oc(=O)oc1COC(=O)Nc1ncnn2c([C@]3(C#N)C[C@H](COC(=O)CC4CCCCC4)[C@@H](OC(=O)[C@@H](N)C(C)C)[C@H]3O)ccc12. The number of aryl methyl sites for hydroxylation is 1. The summed E-state index contributed by atoms with van der Waals surface area (Å²) in [7, 11) is 0. The summed E-state index contributed by atoms with van der Waals surface area (Å²) in [6.45, 7) is 4.43. The number of nitriles is 1. The van der Waals surface area contributed by atoms with E-state index in [-0.39, 0.29) is 72.4 Å². The van der Waals surface area contributed by atoms with Crippen LogP contribution in [0.5, 0.6) is 0 Å². The molecule has 0 spiro atoms. The van der Waals surface area contributed by atoms with Crippen molar-refractivity contribution in [1.82, 2.24) is 14.6 Å². The number of rotatable bonds is 11. The Morgan fingerprint density at radius 3 is 2.62 bits per heavy atom. The van der Waals surface area contributed by atoms with Crippen LogP contribution in [0.1, 0.15) is 76.0 Å². The highest BCUT2D eigenvalue weighted by Gasteiger charge is 2.58. The van der Waals surface area contributed by atoms with Crippen LogP contribution in [0.4, 0.5) is 10.6 Å². The maximum absolute atomic E-state index is 13.0. The summed E-state index contributed by atoms with van der Waals surface area (Å²) in [5, 5.41) is 29.1. The number of anilines is 1. The highest BCUT2D eigenvalue weighted by Crippen LogP contribution is 2.46. The van der Waals surface area contributed by atoms with Gasteiger partial charge in [0, 0.05) is 12.3 Å². The Kier molecular flexibility index (Phi) is 10.5. The molecule has 0 saturated heterocycles. The van der Waals surface area contributed by atoms with Crippen LogP contribution in [0.2, 0.25) is 0 Å². The van der Waals surface area contributed by atoms with E-state index in [0.717, 1.165) is 38.4 Å². The molecule has 3 aromatic heterocycles. The van der Waals surface area contributed by atoms with Crippen LogP contribution in [0, 0.1) is 36.0 Å². The molecule has 2 aliphatic carbocycles. The third-order valence-corrected chi connectivity index (χ3v) is 9.25. The van der Waals surface area contributed by atoms with E-state index in [9.17, 15) is 29.5 Å². The number of hydrogen-bond acceptors (Lipinski definition) is 14. The molecule has 3 aromatic rings. The summed E-state index contributed by atoms with van der Waals surface area (Å²) in [5.74, 6) is -2.59. The van der Waals surface area contributed by atoms with Crippen molar-refractivity contribution < 1.29 is 42.5 Å². The van der Waals surface area contributed by atoms with Crippen LogP contribution in [0.25, 0.3) is 5.52 Å². The van der Waals surface area contributed by atoms with Gasteiger partial charge in [-0.05, 0) is 50.2 Å². The van der Waals surface area contributed by atoms with Gasteiger partial charge < -0.3 is 33.9 Å². The number of amides is 1. The lowest BCUT2D eigenvalue weighted by Gasteiger charge is -2.28. The van der Waals surface area contributed by atoms with Gasteiger partial charge in [-0.2, -0.15) is 10.4 Å². The fourth-order valence-electron chi connectivity index (χ4n) is 6.44. The van der Waals surface area contributed by atoms with Gasteiger partial charge in [-0.1, -0.05) is 33.1 Å². The summed E-state index contributed by atoms with van der Waals surface area (Å²) < 4.78 is 27.5. The molecule has 2 fully saturated rings. The fourth-order valence-corrected chi connectivity index (χ4v) is 6.44. The Labute approximate surface area is 275 Å². The molecule has 3 heterocycles. The molecule has 16 nitrogen and oxygen atoms in total. The zero-order valence-corrected chi connectivity index (χ0v) is 27.0. The normalized spacial score (nSPS) is 23.5. The van der Waals surface area contributed by atoms with Crippen LogP contribution >= 0.6 is 0 Å². The maximum atomic E-state index is 13.0. The van der Waals surface area contributed by atoms with E-state index in [4.69, 9.17) is 28.8 Å². The second kappa shape index (κ2) is 14.6. The molecule has 48 heavy (non-hydrogen) atoms. The minimum absolute atomic E-state index is 0.0197. The topological polar surface area (TPSA) is 235 Å². The number of fused-ring (bicyclic) bond motifs is 1. The average molecular weight is 669 g/mol. The molecule has 0 unspecified atom stereocenters. The van der Waals surface area contributed by atoms with Gasteiger partial charge in [0.15, 0.2) is 23.9 Å². The van der Waals surface area contributed by atoms with Crippen LogP contribution in [0.3, 0.4) is 0 Å². The van der Waals surface area contributed by atoms with Crippen molar-refractivity contribution in [1.29, 1.82) is 5.26 Å². The maximum Gasteiger partial charge on any atom is 0.519 e.